The Balaban J connectivity index is 2.00. The third kappa shape index (κ3) is 3.89. The standard InChI is InChI=1S/C12H16ClFN2O2S/c13-11-3-1-10(2-4-11)9-12(14)5-7-16(8-6-12)19(15,17)18/h1-4H,5-9H2,(H2,15,17,18). The number of nitrogens with two attached hydrogens (primary N) is 1. The molecule has 2 rings (SSSR count). The van der Waals surface area contributed by atoms with Gasteiger partial charge in [0.05, 0.1) is 0 Å². The molecule has 0 unspecified atom stereocenters. The Labute approximate surface area is 117 Å². The van der Waals surface area contributed by atoms with E-state index in [0.29, 0.717) is 5.02 Å². The first kappa shape index (κ1) is 14.7. The number of halogens is 2. The summed E-state index contributed by atoms with van der Waals surface area (Å²) in [6, 6.07) is 7.02. The van der Waals surface area contributed by atoms with Crippen molar-refractivity contribution in [1.29, 1.82) is 0 Å². The largest absolute Gasteiger partial charge is 0.276 e. The van der Waals surface area contributed by atoms with Gasteiger partial charge in [-0.2, -0.15) is 12.7 Å². The summed E-state index contributed by atoms with van der Waals surface area (Å²) in [7, 11) is -3.71. The topological polar surface area (TPSA) is 63.4 Å². The van der Waals surface area contributed by atoms with E-state index in [2.05, 4.69) is 0 Å². The maximum atomic E-state index is 14.6. The molecule has 0 radical (unpaired) electrons. The molecule has 1 aromatic carbocycles. The van der Waals surface area contributed by atoms with E-state index in [0.717, 1.165) is 9.87 Å². The lowest BCUT2D eigenvalue weighted by Gasteiger charge is -2.34. The van der Waals surface area contributed by atoms with Gasteiger partial charge >= 0.3 is 0 Å². The van der Waals surface area contributed by atoms with Crippen LogP contribution in [-0.2, 0) is 16.6 Å². The Kier molecular flexibility index (Phi) is 4.15. The van der Waals surface area contributed by atoms with Crippen LogP contribution in [0.15, 0.2) is 24.3 Å². The maximum Gasteiger partial charge on any atom is 0.276 e. The molecule has 7 heteroatoms. The SMILES string of the molecule is NS(=O)(=O)N1CCC(F)(Cc2ccc(Cl)cc2)CC1. The van der Waals surface area contributed by atoms with Crippen molar-refractivity contribution in [2.45, 2.75) is 24.9 Å². The average Bonchev–Trinajstić information content (AvgIpc) is 2.31. The highest BCUT2D eigenvalue weighted by Crippen LogP contribution is 2.31. The van der Waals surface area contributed by atoms with Gasteiger partial charge in [0.1, 0.15) is 5.67 Å². The van der Waals surface area contributed by atoms with Gasteiger partial charge in [-0.25, -0.2) is 9.53 Å². The van der Waals surface area contributed by atoms with Gasteiger partial charge in [0.15, 0.2) is 0 Å². The predicted molar refractivity (Wildman–Crippen MR) is 72.9 cm³/mol. The summed E-state index contributed by atoms with van der Waals surface area (Å²) in [6.45, 7) is 0.256. The summed E-state index contributed by atoms with van der Waals surface area (Å²) in [4.78, 5) is 0. The first-order chi connectivity index (χ1) is 8.78. The zero-order chi connectivity index (χ0) is 14.1. The van der Waals surface area contributed by atoms with Crippen LogP contribution < -0.4 is 5.14 Å². The van der Waals surface area contributed by atoms with Gasteiger partial charge in [-0.15, -0.1) is 0 Å². The molecule has 2 N–H and O–H groups in total. The van der Waals surface area contributed by atoms with E-state index in [1.54, 1.807) is 24.3 Å². The Hall–Kier alpha value is -0.690. The summed E-state index contributed by atoms with van der Waals surface area (Å²) in [6.07, 6.45) is 0.584. The summed E-state index contributed by atoms with van der Waals surface area (Å²) in [5.41, 5.74) is -0.523. The first-order valence-electron chi connectivity index (χ1n) is 6.00. The molecule has 106 valence electrons. The molecular formula is C12H16ClFN2O2S. The molecule has 1 heterocycles. The number of rotatable bonds is 3. The number of benzene rings is 1. The van der Waals surface area contributed by atoms with Crippen LogP contribution in [0.2, 0.25) is 5.02 Å². The van der Waals surface area contributed by atoms with Gasteiger partial charge in [0.25, 0.3) is 10.2 Å². The van der Waals surface area contributed by atoms with E-state index < -0.39 is 15.9 Å². The van der Waals surface area contributed by atoms with Crippen LogP contribution in [0.3, 0.4) is 0 Å². The predicted octanol–water partition coefficient (Wildman–Crippen LogP) is 1.89. The van der Waals surface area contributed by atoms with Gasteiger partial charge in [-0.3, -0.25) is 0 Å². The molecule has 0 aromatic heterocycles. The second kappa shape index (κ2) is 5.36. The molecule has 4 nitrogen and oxygen atoms in total. The molecule has 1 aliphatic heterocycles. The average molecular weight is 307 g/mol. The molecule has 0 aliphatic carbocycles. The highest BCUT2D eigenvalue weighted by molar-refractivity contribution is 7.86. The zero-order valence-corrected chi connectivity index (χ0v) is 11.9. The highest BCUT2D eigenvalue weighted by Gasteiger charge is 2.37. The molecule has 0 saturated carbocycles. The third-order valence-electron chi connectivity index (χ3n) is 3.41. The minimum Gasteiger partial charge on any atom is -0.243 e. The smallest absolute Gasteiger partial charge is 0.243 e. The summed E-state index contributed by atoms with van der Waals surface area (Å²) in [5, 5.41) is 5.64. The lowest BCUT2D eigenvalue weighted by Crippen LogP contribution is -2.47. The van der Waals surface area contributed by atoms with Gasteiger partial charge < -0.3 is 0 Å². The quantitative estimate of drug-likeness (QED) is 0.927. The third-order valence-corrected chi connectivity index (χ3v) is 4.75. The Morgan fingerprint density at radius 2 is 1.79 bits per heavy atom. The Morgan fingerprint density at radius 1 is 1.26 bits per heavy atom. The van der Waals surface area contributed by atoms with Gasteiger partial charge in [-0.1, -0.05) is 23.7 Å². The molecule has 0 atom stereocenters. The van der Waals surface area contributed by atoms with Gasteiger partial charge in [-0.05, 0) is 30.5 Å². The van der Waals surface area contributed by atoms with Crippen LogP contribution >= 0.6 is 11.6 Å². The molecule has 1 saturated heterocycles. The monoisotopic (exact) mass is 306 g/mol. The molecule has 0 bridgehead atoms. The number of hydrogen-bond donors (Lipinski definition) is 1. The lowest BCUT2D eigenvalue weighted by molar-refractivity contribution is 0.0889. The summed E-state index contributed by atoms with van der Waals surface area (Å²) in [5.74, 6) is 0. The molecular weight excluding hydrogens is 291 g/mol. The maximum absolute atomic E-state index is 14.6. The minimum absolute atomic E-state index is 0.128. The number of piperidine rings is 1. The fourth-order valence-electron chi connectivity index (χ4n) is 2.29. The normalized spacial score (nSPS) is 20.4. The van der Waals surface area contributed by atoms with E-state index in [9.17, 15) is 12.8 Å². The highest BCUT2D eigenvalue weighted by atomic mass is 35.5. The minimum atomic E-state index is -3.71. The van der Waals surface area contributed by atoms with E-state index in [-0.39, 0.29) is 32.4 Å². The zero-order valence-electron chi connectivity index (χ0n) is 10.4. The molecule has 1 aromatic rings. The van der Waals surface area contributed by atoms with Crippen molar-refractivity contribution in [1.82, 2.24) is 4.31 Å². The van der Waals surface area contributed by atoms with Crippen molar-refractivity contribution in [2.24, 2.45) is 5.14 Å². The second-order valence-electron chi connectivity index (χ2n) is 4.90. The molecule has 0 amide bonds. The lowest BCUT2D eigenvalue weighted by atomic mass is 9.88. The molecule has 19 heavy (non-hydrogen) atoms. The first-order valence-corrected chi connectivity index (χ1v) is 7.88. The van der Waals surface area contributed by atoms with Crippen LogP contribution in [0.4, 0.5) is 4.39 Å². The van der Waals surface area contributed by atoms with Crippen molar-refractivity contribution >= 4 is 21.8 Å². The second-order valence-corrected chi connectivity index (χ2v) is 6.88. The summed E-state index contributed by atoms with van der Waals surface area (Å²) < 4.78 is 38.1. The van der Waals surface area contributed by atoms with E-state index in [1.807, 2.05) is 0 Å². The number of hydrogen-bond acceptors (Lipinski definition) is 2. The number of nitrogens with zero attached hydrogens (tertiary/aromatic N) is 1. The summed E-state index contributed by atoms with van der Waals surface area (Å²) >= 11 is 5.78. The van der Waals surface area contributed by atoms with E-state index >= 15 is 0 Å². The van der Waals surface area contributed by atoms with Gasteiger partial charge in [0.2, 0.25) is 0 Å². The molecule has 0 spiro atoms. The fourth-order valence-corrected chi connectivity index (χ4v) is 3.10. The fraction of sp³-hybridized carbons (Fsp3) is 0.500. The Bertz CT molecular complexity index is 539. The van der Waals surface area contributed by atoms with Gasteiger partial charge in [0, 0.05) is 24.5 Å². The van der Waals surface area contributed by atoms with Crippen molar-refractivity contribution < 1.29 is 12.8 Å². The molecule has 1 fully saturated rings. The van der Waals surface area contributed by atoms with Crippen molar-refractivity contribution in [3.8, 4) is 0 Å². The van der Waals surface area contributed by atoms with Crippen LogP contribution in [0, 0.1) is 0 Å². The van der Waals surface area contributed by atoms with E-state index in [1.165, 1.54) is 0 Å². The van der Waals surface area contributed by atoms with Crippen LogP contribution in [0.5, 0.6) is 0 Å². The van der Waals surface area contributed by atoms with E-state index in [4.69, 9.17) is 16.7 Å². The van der Waals surface area contributed by atoms with Crippen molar-refractivity contribution in [3.63, 3.8) is 0 Å². The van der Waals surface area contributed by atoms with Crippen molar-refractivity contribution in [3.05, 3.63) is 34.9 Å². The van der Waals surface area contributed by atoms with Crippen LogP contribution in [0.1, 0.15) is 18.4 Å². The van der Waals surface area contributed by atoms with Crippen LogP contribution in [0.25, 0.3) is 0 Å². The Morgan fingerprint density at radius 3 is 2.26 bits per heavy atom. The number of alkyl halides is 1. The molecule has 1 aliphatic rings. The van der Waals surface area contributed by atoms with Crippen molar-refractivity contribution in [2.75, 3.05) is 13.1 Å². The van der Waals surface area contributed by atoms with Crippen LogP contribution in [-0.4, -0.2) is 31.5 Å².